The van der Waals surface area contributed by atoms with Crippen molar-refractivity contribution in [1.29, 1.82) is 5.26 Å². The number of nitro benzene ring substituents is 1. The Morgan fingerprint density at radius 2 is 1.96 bits per heavy atom. The molecule has 2 aromatic rings. The maximum Gasteiger partial charge on any atom is 0.305 e. The molecule has 0 N–H and O–H groups in total. The standard InChI is InChI=1S/C17H13FN2O5S/c1-25-14-5-2-12(3-6-14)11-26(23,24)15(10-19)8-13-4-7-16(18)17(9-13)20(21)22/h2-9H,11H2,1H3/b15-8+. The van der Waals surface area contributed by atoms with Crippen molar-refractivity contribution in [3.05, 3.63) is 74.4 Å². The van der Waals surface area contributed by atoms with Crippen LogP contribution in [0.15, 0.2) is 47.4 Å². The Labute approximate surface area is 149 Å². The van der Waals surface area contributed by atoms with Gasteiger partial charge in [0.15, 0.2) is 9.84 Å². The molecule has 0 radical (unpaired) electrons. The summed E-state index contributed by atoms with van der Waals surface area (Å²) in [6.07, 6.45) is 0.977. The summed E-state index contributed by atoms with van der Waals surface area (Å²) in [6.45, 7) is 0. The number of methoxy groups -OCH3 is 1. The largest absolute Gasteiger partial charge is 0.497 e. The molecule has 9 heteroatoms. The van der Waals surface area contributed by atoms with Crippen molar-refractivity contribution in [2.45, 2.75) is 5.75 Å². The Balaban J connectivity index is 2.36. The molecule has 0 saturated carbocycles. The maximum absolute atomic E-state index is 13.4. The zero-order valence-electron chi connectivity index (χ0n) is 13.5. The lowest BCUT2D eigenvalue weighted by molar-refractivity contribution is -0.387. The summed E-state index contributed by atoms with van der Waals surface area (Å²) in [5.74, 6) is -0.924. The number of ether oxygens (including phenoxy) is 1. The van der Waals surface area contributed by atoms with Gasteiger partial charge < -0.3 is 4.74 Å². The second kappa shape index (κ2) is 7.76. The highest BCUT2D eigenvalue weighted by Gasteiger charge is 2.20. The summed E-state index contributed by atoms with van der Waals surface area (Å²) in [7, 11) is -2.51. The van der Waals surface area contributed by atoms with Crippen molar-refractivity contribution in [1.82, 2.24) is 0 Å². The minimum absolute atomic E-state index is 0.0351. The van der Waals surface area contributed by atoms with Crippen LogP contribution in [0, 0.1) is 27.3 Å². The molecule has 26 heavy (non-hydrogen) atoms. The molecule has 0 heterocycles. The number of benzene rings is 2. The van der Waals surface area contributed by atoms with Crippen molar-refractivity contribution in [2.75, 3.05) is 7.11 Å². The molecule has 0 bridgehead atoms. The molecule has 0 saturated heterocycles. The molecule has 0 atom stereocenters. The average molecular weight is 376 g/mol. The topological polar surface area (TPSA) is 110 Å². The zero-order valence-corrected chi connectivity index (χ0v) is 14.4. The highest BCUT2D eigenvalue weighted by atomic mass is 32.2. The molecule has 7 nitrogen and oxygen atoms in total. The van der Waals surface area contributed by atoms with E-state index in [1.807, 2.05) is 0 Å². The molecule has 2 rings (SSSR count). The molecule has 0 aromatic heterocycles. The van der Waals surface area contributed by atoms with E-state index >= 15 is 0 Å². The van der Waals surface area contributed by atoms with E-state index in [4.69, 9.17) is 4.74 Å². The SMILES string of the molecule is COc1ccc(CS(=O)(=O)/C(C#N)=C/c2ccc(F)c([N+](=O)[O-])c2)cc1. The molecule has 0 aliphatic carbocycles. The van der Waals surface area contributed by atoms with Crippen molar-refractivity contribution in [3.8, 4) is 11.8 Å². The van der Waals surface area contributed by atoms with Gasteiger partial charge in [0, 0.05) is 6.07 Å². The Bertz CT molecular complexity index is 1010. The predicted molar refractivity (Wildman–Crippen MR) is 92.3 cm³/mol. The van der Waals surface area contributed by atoms with Gasteiger partial charge in [-0.05, 0) is 35.4 Å². The summed E-state index contributed by atoms with van der Waals surface area (Å²) in [5, 5.41) is 20.0. The van der Waals surface area contributed by atoms with Crippen LogP contribution in [0.4, 0.5) is 10.1 Å². The van der Waals surface area contributed by atoms with E-state index in [9.17, 15) is 28.2 Å². The lowest BCUT2D eigenvalue weighted by Crippen LogP contribution is -2.06. The highest BCUT2D eigenvalue weighted by Crippen LogP contribution is 2.23. The van der Waals surface area contributed by atoms with Crippen molar-refractivity contribution in [3.63, 3.8) is 0 Å². The van der Waals surface area contributed by atoms with E-state index in [1.54, 1.807) is 30.3 Å². The van der Waals surface area contributed by atoms with Crippen molar-refractivity contribution in [2.24, 2.45) is 0 Å². The third-order valence-electron chi connectivity index (χ3n) is 3.43. The van der Waals surface area contributed by atoms with E-state index in [-0.39, 0.29) is 5.56 Å². The number of nitro groups is 1. The number of sulfone groups is 1. The van der Waals surface area contributed by atoms with Gasteiger partial charge in [0.1, 0.15) is 16.7 Å². The first-order valence-corrected chi connectivity index (χ1v) is 8.83. The summed E-state index contributed by atoms with van der Waals surface area (Å²) < 4.78 is 43.2. The van der Waals surface area contributed by atoms with E-state index in [0.29, 0.717) is 11.3 Å². The van der Waals surface area contributed by atoms with Gasteiger partial charge in [-0.1, -0.05) is 18.2 Å². The molecular formula is C17H13FN2O5S. The number of halogens is 1. The normalized spacial score (nSPS) is 11.7. The summed E-state index contributed by atoms with van der Waals surface area (Å²) in [5.41, 5.74) is -0.325. The third-order valence-corrected chi connectivity index (χ3v) is 5.02. The first-order valence-electron chi connectivity index (χ1n) is 7.18. The maximum atomic E-state index is 13.4. The monoisotopic (exact) mass is 376 g/mol. The molecule has 0 fully saturated rings. The number of rotatable bonds is 6. The fourth-order valence-electron chi connectivity index (χ4n) is 2.12. The van der Waals surface area contributed by atoms with Gasteiger partial charge in [0.05, 0.1) is 17.8 Å². The van der Waals surface area contributed by atoms with Crippen LogP contribution in [-0.2, 0) is 15.6 Å². The highest BCUT2D eigenvalue weighted by molar-refractivity contribution is 7.95. The van der Waals surface area contributed by atoms with Gasteiger partial charge in [-0.25, -0.2) is 8.42 Å². The van der Waals surface area contributed by atoms with Gasteiger partial charge in [0.2, 0.25) is 5.82 Å². The Morgan fingerprint density at radius 1 is 1.31 bits per heavy atom. The van der Waals surface area contributed by atoms with Crippen LogP contribution in [0.5, 0.6) is 5.75 Å². The predicted octanol–water partition coefficient (Wildman–Crippen LogP) is 3.22. The Morgan fingerprint density at radius 3 is 2.50 bits per heavy atom. The number of hydrogen-bond donors (Lipinski definition) is 0. The van der Waals surface area contributed by atoms with Crippen molar-refractivity contribution >= 4 is 21.6 Å². The van der Waals surface area contributed by atoms with Crippen LogP contribution in [-0.4, -0.2) is 20.5 Å². The first-order chi connectivity index (χ1) is 12.3. The molecular weight excluding hydrogens is 363 g/mol. The fraction of sp³-hybridized carbons (Fsp3) is 0.118. The minimum Gasteiger partial charge on any atom is -0.497 e. The van der Waals surface area contributed by atoms with Crippen molar-refractivity contribution < 1.29 is 22.5 Å². The molecule has 2 aromatic carbocycles. The molecule has 0 spiro atoms. The van der Waals surface area contributed by atoms with E-state index in [1.165, 1.54) is 7.11 Å². The number of hydrogen-bond acceptors (Lipinski definition) is 6. The Kier molecular flexibility index (Phi) is 5.69. The average Bonchev–Trinajstić information content (AvgIpc) is 2.60. The fourth-order valence-corrected chi connectivity index (χ4v) is 3.36. The lowest BCUT2D eigenvalue weighted by atomic mass is 10.2. The summed E-state index contributed by atoms with van der Waals surface area (Å²) in [6, 6.07) is 10.7. The van der Waals surface area contributed by atoms with Crippen LogP contribution in [0.25, 0.3) is 6.08 Å². The minimum atomic E-state index is -3.99. The van der Waals surface area contributed by atoms with Crippen LogP contribution < -0.4 is 4.74 Å². The Hall–Kier alpha value is -3.25. The van der Waals surface area contributed by atoms with Crippen LogP contribution in [0.3, 0.4) is 0 Å². The summed E-state index contributed by atoms with van der Waals surface area (Å²) in [4.78, 5) is 9.27. The molecule has 0 amide bonds. The van der Waals surface area contributed by atoms with E-state index < -0.39 is 36.9 Å². The first kappa shape index (κ1) is 19.1. The van der Waals surface area contributed by atoms with E-state index in [0.717, 1.165) is 24.3 Å². The van der Waals surface area contributed by atoms with Gasteiger partial charge in [0.25, 0.3) is 0 Å². The number of nitriles is 1. The zero-order chi connectivity index (χ0) is 19.3. The number of allylic oxidation sites excluding steroid dienone is 1. The van der Waals surface area contributed by atoms with Crippen LogP contribution in [0.1, 0.15) is 11.1 Å². The van der Waals surface area contributed by atoms with E-state index in [2.05, 4.69) is 0 Å². The quantitative estimate of drug-likeness (QED) is 0.435. The van der Waals surface area contributed by atoms with Gasteiger partial charge in [-0.3, -0.25) is 10.1 Å². The lowest BCUT2D eigenvalue weighted by Gasteiger charge is -2.05. The summed E-state index contributed by atoms with van der Waals surface area (Å²) >= 11 is 0. The molecule has 0 unspecified atom stereocenters. The molecule has 0 aliphatic heterocycles. The number of nitrogens with zero attached hydrogens (tertiary/aromatic N) is 2. The smallest absolute Gasteiger partial charge is 0.305 e. The molecule has 0 aliphatic rings. The molecule has 134 valence electrons. The van der Waals surface area contributed by atoms with Crippen LogP contribution in [0.2, 0.25) is 0 Å². The van der Waals surface area contributed by atoms with Gasteiger partial charge in [-0.2, -0.15) is 9.65 Å². The van der Waals surface area contributed by atoms with Crippen LogP contribution >= 0.6 is 0 Å². The third kappa shape index (κ3) is 4.43. The second-order valence-electron chi connectivity index (χ2n) is 5.20. The van der Waals surface area contributed by atoms with Gasteiger partial charge >= 0.3 is 5.69 Å². The van der Waals surface area contributed by atoms with Gasteiger partial charge in [-0.15, -0.1) is 0 Å². The second-order valence-corrected chi connectivity index (χ2v) is 7.15.